The summed E-state index contributed by atoms with van der Waals surface area (Å²) in [5.41, 5.74) is 0.645. The number of carbonyl (C=O) groups is 3. The van der Waals surface area contributed by atoms with Crippen molar-refractivity contribution in [1.29, 1.82) is 0 Å². The lowest BCUT2D eigenvalue weighted by Gasteiger charge is -2.09. The van der Waals surface area contributed by atoms with Gasteiger partial charge in [-0.2, -0.15) is 0 Å². The molecule has 6 heteroatoms. The molecule has 1 aromatic carbocycles. The number of ether oxygens (including phenoxy) is 1. The van der Waals surface area contributed by atoms with E-state index in [0.29, 0.717) is 11.3 Å². The highest BCUT2D eigenvalue weighted by atomic mass is 16.5. The molecule has 0 saturated carbocycles. The summed E-state index contributed by atoms with van der Waals surface area (Å²) in [7, 11) is 0. The number of hydrogen-bond acceptors (Lipinski definition) is 4. The van der Waals surface area contributed by atoms with Crippen molar-refractivity contribution in [3.8, 4) is 0 Å². The van der Waals surface area contributed by atoms with Crippen molar-refractivity contribution in [2.24, 2.45) is 5.92 Å². The number of hydrogen-bond donors (Lipinski definition) is 2. The maximum Gasteiger partial charge on any atom is 0.338 e. The zero-order valence-corrected chi connectivity index (χ0v) is 10.7. The van der Waals surface area contributed by atoms with Gasteiger partial charge in [0, 0.05) is 5.69 Å². The van der Waals surface area contributed by atoms with Gasteiger partial charge in [0.05, 0.1) is 12.2 Å². The summed E-state index contributed by atoms with van der Waals surface area (Å²) in [5.74, 6) is -3.51. The number of rotatable bonds is 5. The third-order valence-corrected chi connectivity index (χ3v) is 2.40. The van der Waals surface area contributed by atoms with E-state index in [2.05, 4.69) is 5.32 Å². The van der Waals surface area contributed by atoms with Crippen LogP contribution in [0.3, 0.4) is 0 Å². The Morgan fingerprint density at radius 2 is 2.05 bits per heavy atom. The Labute approximate surface area is 110 Å². The zero-order valence-electron chi connectivity index (χ0n) is 10.7. The zero-order chi connectivity index (χ0) is 14.4. The topological polar surface area (TPSA) is 92.7 Å². The first kappa shape index (κ1) is 14.7. The minimum Gasteiger partial charge on any atom is -0.481 e. The van der Waals surface area contributed by atoms with Crippen molar-refractivity contribution < 1.29 is 24.2 Å². The maximum absolute atomic E-state index is 11.6. The number of anilines is 1. The normalized spacial score (nSPS) is 11.5. The van der Waals surface area contributed by atoms with Crippen LogP contribution >= 0.6 is 0 Å². The average molecular weight is 265 g/mol. The summed E-state index contributed by atoms with van der Waals surface area (Å²) in [6.07, 6.45) is 0. The Kier molecular flexibility index (Phi) is 5.05. The summed E-state index contributed by atoms with van der Waals surface area (Å²) < 4.78 is 4.83. The number of aliphatic carboxylic acids is 1. The molecule has 2 N–H and O–H groups in total. The van der Waals surface area contributed by atoms with Crippen LogP contribution in [0.25, 0.3) is 0 Å². The maximum atomic E-state index is 11.6. The summed E-state index contributed by atoms with van der Waals surface area (Å²) in [5, 5.41) is 11.1. The van der Waals surface area contributed by atoms with Crippen LogP contribution in [0, 0.1) is 5.92 Å². The van der Waals surface area contributed by atoms with E-state index in [1.54, 1.807) is 25.1 Å². The van der Waals surface area contributed by atoms with Gasteiger partial charge < -0.3 is 15.2 Å². The molecule has 0 spiro atoms. The second-order valence-electron chi connectivity index (χ2n) is 3.85. The minimum absolute atomic E-state index is 0.255. The molecule has 0 fully saturated rings. The van der Waals surface area contributed by atoms with E-state index in [0.717, 1.165) is 0 Å². The molecular weight excluding hydrogens is 250 g/mol. The van der Waals surface area contributed by atoms with E-state index in [-0.39, 0.29) is 6.61 Å². The van der Waals surface area contributed by atoms with E-state index in [1.807, 2.05) is 0 Å². The molecule has 0 radical (unpaired) electrons. The van der Waals surface area contributed by atoms with Gasteiger partial charge >= 0.3 is 11.9 Å². The van der Waals surface area contributed by atoms with E-state index < -0.39 is 23.8 Å². The van der Waals surface area contributed by atoms with Gasteiger partial charge in [0.25, 0.3) is 0 Å². The predicted molar refractivity (Wildman–Crippen MR) is 67.8 cm³/mol. The van der Waals surface area contributed by atoms with Crippen LogP contribution in [0.5, 0.6) is 0 Å². The van der Waals surface area contributed by atoms with Crippen LogP contribution in [0.4, 0.5) is 5.69 Å². The van der Waals surface area contributed by atoms with E-state index >= 15 is 0 Å². The molecule has 1 unspecified atom stereocenters. The van der Waals surface area contributed by atoms with Gasteiger partial charge in [0.2, 0.25) is 5.91 Å². The van der Waals surface area contributed by atoms with Gasteiger partial charge in [0.1, 0.15) is 5.92 Å². The fourth-order valence-electron chi connectivity index (χ4n) is 1.30. The molecule has 0 aliphatic rings. The lowest BCUT2D eigenvalue weighted by atomic mass is 10.1. The lowest BCUT2D eigenvalue weighted by molar-refractivity contribution is -0.144. The van der Waals surface area contributed by atoms with Crippen LogP contribution < -0.4 is 5.32 Å². The molecule has 0 aliphatic heterocycles. The Morgan fingerprint density at radius 1 is 1.37 bits per heavy atom. The highest BCUT2D eigenvalue weighted by Gasteiger charge is 2.20. The molecule has 1 amide bonds. The van der Waals surface area contributed by atoms with E-state index in [9.17, 15) is 14.4 Å². The van der Waals surface area contributed by atoms with E-state index in [1.165, 1.54) is 13.0 Å². The summed E-state index contributed by atoms with van der Waals surface area (Å²) in [6, 6.07) is 6.13. The van der Waals surface area contributed by atoms with Crippen LogP contribution in [0.2, 0.25) is 0 Å². The number of carbonyl (C=O) groups excluding carboxylic acids is 2. The Balaban J connectivity index is 2.80. The van der Waals surface area contributed by atoms with Crippen molar-refractivity contribution in [3.63, 3.8) is 0 Å². The minimum atomic E-state index is -1.21. The Hall–Kier alpha value is -2.37. The molecule has 1 rings (SSSR count). The second-order valence-corrected chi connectivity index (χ2v) is 3.85. The van der Waals surface area contributed by atoms with Crippen LogP contribution in [0.1, 0.15) is 24.2 Å². The number of carboxylic acid groups (broad SMARTS) is 1. The third kappa shape index (κ3) is 4.09. The van der Waals surface area contributed by atoms with Gasteiger partial charge in [0.15, 0.2) is 0 Å². The largest absolute Gasteiger partial charge is 0.481 e. The lowest BCUT2D eigenvalue weighted by Crippen LogP contribution is -2.26. The SMILES string of the molecule is CCOC(=O)c1cccc(NC(=O)C(C)C(=O)O)c1. The molecule has 1 aromatic rings. The number of amides is 1. The Morgan fingerprint density at radius 3 is 2.63 bits per heavy atom. The fourth-order valence-corrected chi connectivity index (χ4v) is 1.30. The average Bonchev–Trinajstić information content (AvgIpc) is 2.38. The monoisotopic (exact) mass is 265 g/mol. The number of benzene rings is 1. The van der Waals surface area contributed by atoms with Crippen LogP contribution in [-0.4, -0.2) is 29.6 Å². The molecule has 6 nitrogen and oxygen atoms in total. The Bertz CT molecular complexity index is 498. The smallest absolute Gasteiger partial charge is 0.338 e. The highest BCUT2D eigenvalue weighted by Crippen LogP contribution is 2.13. The van der Waals surface area contributed by atoms with Crippen molar-refractivity contribution in [3.05, 3.63) is 29.8 Å². The van der Waals surface area contributed by atoms with Crippen LogP contribution in [-0.2, 0) is 14.3 Å². The molecule has 0 heterocycles. The molecule has 0 saturated heterocycles. The number of nitrogens with one attached hydrogen (secondary N) is 1. The fraction of sp³-hybridized carbons (Fsp3) is 0.308. The summed E-state index contributed by atoms with van der Waals surface area (Å²) in [4.78, 5) is 33.7. The molecule has 0 bridgehead atoms. The molecule has 0 aliphatic carbocycles. The number of carboxylic acids is 1. The first-order valence-corrected chi connectivity index (χ1v) is 5.76. The first-order valence-electron chi connectivity index (χ1n) is 5.76. The quantitative estimate of drug-likeness (QED) is 0.622. The van der Waals surface area contributed by atoms with Gasteiger partial charge in [-0.25, -0.2) is 4.79 Å². The molecule has 1 atom stereocenters. The molecular formula is C13H15NO5. The number of esters is 1. The third-order valence-electron chi connectivity index (χ3n) is 2.40. The summed E-state index contributed by atoms with van der Waals surface area (Å²) >= 11 is 0. The van der Waals surface area contributed by atoms with Crippen molar-refractivity contribution in [2.45, 2.75) is 13.8 Å². The van der Waals surface area contributed by atoms with E-state index in [4.69, 9.17) is 9.84 Å². The van der Waals surface area contributed by atoms with Crippen molar-refractivity contribution >= 4 is 23.5 Å². The molecule has 19 heavy (non-hydrogen) atoms. The van der Waals surface area contributed by atoms with Gasteiger partial charge in [-0.3, -0.25) is 9.59 Å². The first-order chi connectivity index (χ1) is 8.95. The van der Waals surface area contributed by atoms with Crippen molar-refractivity contribution in [2.75, 3.05) is 11.9 Å². The highest BCUT2D eigenvalue weighted by molar-refractivity contribution is 6.04. The van der Waals surface area contributed by atoms with Crippen molar-refractivity contribution in [1.82, 2.24) is 0 Å². The van der Waals surface area contributed by atoms with Gasteiger partial charge in [-0.05, 0) is 32.0 Å². The molecule has 102 valence electrons. The van der Waals surface area contributed by atoms with Gasteiger partial charge in [-0.1, -0.05) is 6.07 Å². The summed E-state index contributed by atoms with van der Waals surface area (Å²) in [6.45, 7) is 3.23. The van der Waals surface area contributed by atoms with Crippen LogP contribution in [0.15, 0.2) is 24.3 Å². The standard InChI is InChI=1S/C13H15NO5/c1-3-19-13(18)9-5-4-6-10(7-9)14-11(15)8(2)12(16)17/h4-8H,3H2,1-2H3,(H,14,15)(H,16,17). The second kappa shape index (κ2) is 6.53. The molecule has 0 aromatic heterocycles. The van der Waals surface area contributed by atoms with Gasteiger partial charge in [-0.15, -0.1) is 0 Å². The predicted octanol–water partition coefficient (Wildman–Crippen LogP) is 1.52.